The third-order valence-corrected chi connectivity index (χ3v) is 6.37. The summed E-state index contributed by atoms with van der Waals surface area (Å²) in [4.78, 5) is 23.8. The molecule has 7 nitrogen and oxygen atoms in total. The molecule has 3 N–H and O–H groups in total. The largest absolute Gasteiger partial charge is 0.475 e. The van der Waals surface area contributed by atoms with Crippen LogP contribution in [0.2, 0.25) is 0 Å². The highest BCUT2D eigenvalue weighted by atomic mass is 16.5. The number of primary amides is 1. The highest BCUT2D eigenvalue weighted by Crippen LogP contribution is 2.49. The van der Waals surface area contributed by atoms with Gasteiger partial charge in [-0.1, -0.05) is 0 Å². The molecule has 7 heteroatoms. The summed E-state index contributed by atoms with van der Waals surface area (Å²) in [6, 6.07) is 4.12. The lowest BCUT2D eigenvalue weighted by Crippen LogP contribution is -2.79. The van der Waals surface area contributed by atoms with Crippen molar-refractivity contribution in [2.75, 3.05) is 11.5 Å². The molecule has 3 atom stereocenters. The topological polar surface area (TPSA) is 93.4 Å². The quantitative estimate of drug-likeness (QED) is 0.804. The maximum Gasteiger partial charge on any atom is 0.240 e. The average Bonchev–Trinajstić information content (AvgIpc) is 2.93. The number of nitrogens with zero attached hydrogens (tertiary/aromatic N) is 3. The molecular weight excluding hydrogens is 318 g/mol. The SMILES string of the molecule is CC1(C)N2c3nccc4ccnc(c34)OCC2C2CCC1(C(N)=O)N2. The summed E-state index contributed by atoms with van der Waals surface area (Å²) in [6.45, 7) is 4.64. The van der Waals surface area contributed by atoms with Crippen LogP contribution in [0, 0.1) is 0 Å². The zero-order chi connectivity index (χ0) is 17.4. The number of nitrogens with two attached hydrogens (primary N) is 1. The van der Waals surface area contributed by atoms with Crippen molar-refractivity contribution in [2.45, 2.75) is 49.9 Å². The molecule has 25 heavy (non-hydrogen) atoms. The summed E-state index contributed by atoms with van der Waals surface area (Å²) >= 11 is 0. The number of fused-ring (bicyclic) bond motifs is 5. The lowest BCUT2D eigenvalue weighted by Gasteiger charge is -2.56. The first-order valence-corrected chi connectivity index (χ1v) is 8.69. The number of hydrogen-bond acceptors (Lipinski definition) is 6. The number of rotatable bonds is 1. The first-order chi connectivity index (χ1) is 12.0. The molecular formula is C18H21N5O2. The Morgan fingerprint density at radius 2 is 2.12 bits per heavy atom. The normalized spacial score (nSPS) is 32.0. The van der Waals surface area contributed by atoms with Gasteiger partial charge >= 0.3 is 0 Å². The number of piperazine rings is 1. The van der Waals surface area contributed by atoms with Crippen LogP contribution in [0.15, 0.2) is 24.5 Å². The molecule has 0 spiro atoms. The summed E-state index contributed by atoms with van der Waals surface area (Å²) in [6.07, 6.45) is 5.17. The van der Waals surface area contributed by atoms with E-state index in [4.69, 9.17) is 15.5 Å². The van der Waals surface area contributed by atoms with E-state index >= 15 is 0 Å². The van der Waals surface area contributed by atoms with Crippen molar-refractivity contribution in [3.63, 3.8) is 0 Å². The van der Waals surface area contributed by atoms with Crippen LogP contribution in [0.25, 0.3) is 10.8 Å². The second-order valence-electron chi connectivity index (χ2n) is 7.72. The molecule has 0 aromatic carbocycles. The number of hydrogen-bond donors (Lipinski definition) is 2. The van der Waals surface area contributed by atoms with E-state index in [1.807, 2.05) is 12.1 Å². The number of nitrogens with one attached hydrogen (secondary N) is 1. The Labute approximate surface area is 145 Å². The number of pyridine rings is 2. The van der Waals surface area contributed by atoms with Gasteiger partial charge in [-0.25, -0.2) is 9.97 Å². The average molecular weight is 339 g/mol. The standard InChI is InChI=1S/C18H21N5O2/c1-17(2)18(16(19)24)6-3-11(22-18)12-9-25-15-13-10(5-8-21-15)4-7-20-14(13)23(12)17/h4-5,7-8,11-12,22H,3,6,9H2,1-2H3,(H2,19,24). The molecule has 2 aromatic rings. The molecule has 3 unspecified atom stereocenters. The zero-order valence-electron chi connectivity index (χ0n) is 14.3. The Morgan fingerprint density at radius 3 is 2.88 bits per heavy atom. The molecule has 5 rings (SSSR count). The summed E-state index contributed by atoms with van der Waals surface area (Å²) in [5.41, 5.74) is 4.56. The van der Waals surface area contributed by atoms with Crippen molar-refractivity contribution >= 4 is 22.5 Å². The van der Waals surface area contributed by atoms with E-state index in [0.717, 1.165) is 29.4 Å². The van der Waals surface area contributed by atoms with Crippen LogP contribution in [0.3, 0.4) is 0 Å². The van der Waals surface area contributed by atoms with E-state index in [-0.39, 0.29) is 18.0 Å². The Morgan fingerprint density at radius 1 is 1.36 bits per heavy atom. The van der Waals surface area contributed by atoms with Gasteiger partial charge in [0.25, 0.3) is 0 Å². The van der Waals surface area contributed by atoms with Gasteiger partial charge in [-0.2, -0.15) is 0 Å². The maximum atomic E-state index is 12.5. The Bertz CT molecular complexity index is 893. The lowest BCUT2D eigenvalue weighted by atomic mass is 9.75. The van der Waals surface area contributed by atoms with E-state index in [9.17, 15) is 4.79 Å². The van der Waals surface area contributed by atoms with E-state index in [1.54, 1.807) is 12.4 Å². The van der Waals surface area contributed by atoms with Gasteiger partial charge in [0, 0.05) is 18.4 Å². The van der Waals surface area contributed by atoms with Gasteiger partial charge in [0.2, 0.25) is 11.8 Å². The summed E-state index contributed by atoms with van der Waals surface area (Å²) < 4.78 is 6.08. The first-order valence-electron chi connectivity index (χ1n) is 8.69. The van der Waals surface area contributed by atoms with Crippen LogP contribution < -0.4 is 20.7 Å². The number of amides is 1. The molecule has 1 amide bonds. The van der Waals surface area contributed by atoms with Crippen molar-refractivity contribution < 1.29 is 9.53 Å². The van der Waals surface area contributed by atoms with Gasteiger partial charge in [0.15, 0.2) is 0 Å². The third-order valence-electron chi connectivity index (χ3n) is 6.37. The third kappa shape index (κ3) is 1.66. The van der Waals surface area contributed by atoms with Gasteiger partial charge in [-0.15, -0.1) is 0 Å². The Balaban J connectivity index is 1.80. The molecule has 5 heterocycles. The van der Waals surface area contributed by atoms with Crippen LogP contribution in [-0.4, -0.2) is 45.6 Å². The summed E-state index contributed by atoms with van der Waals surface area (Å²) in [5, 5.41) is 5.47. The van der Waals surface area contributed by atoms with E-state index in [0.29, 0.717) is 12.5 Å². The Hall–Kier alpha value is -2.41. The lowest BCUT2D eigenvalue weighted by molar-refractivity contribution is -0.127. The van der Waals surface area contributed by atoms with Crippen molar-refractivity contribution in [1.29, 1.82) is 0 Å². The minimum atomic E-state index is -0.773. The van der Waals surface area contributed by atoms with Crippen LogP contribution in [0.5, 0.6) is 5.88 Å². The van der Waals surface area contributed by atoms with Crippen LogP contribution >= 0.6 is 0 Å². The second-order valence-corrected chi connectivity index (χ2v) is 7.72. The van der Waals surface area contributed by atoms with Gasteiger partial charge in [-0.3, -0.25) is 10.1 Å². The monoisotopic (exact) mass is 339 g/mol. The van der Waals surface area contributed by atoms with Gasteiger partial charge in [0.05, 0.1) is 17.0 Å². The molecule has 0 radical (unpaired) electrons. The van der Waals surface area contributed by atoms with Crippen LogP contribution in [-0.2, 0) is 4.79 Å². The number of anilines is 1. The fraction of sp³-hybridized carbons (Fsp3) is 0.500. The number of aromatic nitrogens is 2. The molecule has 3 aliphatic rings. The smallest absolute Gasteiger partial charge is 0.240 e. The minimum Gasteiger partial charge on any atom is -0.475 e. The van der Waals surface area contributed by atoms with Crippen molar-refractivity contribution in [3.05, 3.63) is 24.5 Å². The zero-order valence-corrected chi connectivity index (χ0v) is 14.3. The summed E-state index contributed by atoms with van der Waals surface area (Å²) in [5.74, 6) is 1.13. The van der Waals surface area contributed by atoms with Crippen molar-refractivity contribution in [3.8, 4) is 5.88 Å². The van der Waals surface area contributed by atoms with Crippen LogP contribution in [0.4, 0.5) is 5.82 Å². The molecule has 0 aliphatic carbocycles. The van der Waals surface area contributed by atoms with Crippen molar-refractivity contribution in [2.24, 2.45) is 5.73 Å². The van der Waals surface area contributed by atoms with Gasteiger partial charge in [-0.05, 0) is 44.2 Å². The van der Waals surface area contributed by atoms with Gasteiger partial charge in [0.1, 0.15) is 18.0 Å². The molecule has 2 bridgehead atoms. The number of ether oxygens (including phenoxy) is 1. The second kappa shape index (κ2) is 4.60. The predicted molar refractivity (Wildman–Crippen MR) is 93.5 cm³/mol. The molecule has 2 saturated heterocycles. The predicted octanol–water partition coefficient (Wildman–Crippen LogP) is 0.965. The molecule has 2 fully saturated rings. The number of carbonyl (C=O) groups excluding carboxylic acids is 1. The van der Waals surface area contributed by atoms with E-state index < -0.39 is 11.1 Å². The number of carbonyl (C=O) groups is 1. The molecule has 0 saturated carbocycles. The fourth-order valence-electron chi connectivity index (χ4n) is 5.04. The molecule has 2 aromatic heterocycles. The van der Waals surface area contributed by atoms with Crippen molar-refractivity contribution in [1.82, 2.24) is 15.3 Å². The maximum absolute atomic E-state index is 12.5. The first kappa shape index (κ1) is 14.9. The Kier molecular flexibility index (Phi) is 2.74. The molecule has 130 valence electrons. The fourth-order valence-corrected chi connectivity index (χ4v) is 5.04. The van der Waals surface area contributed by atoms with Gasteiger partial charge < -0.3 is 15.4 Å². The molecule has 3 aliphatic heterocycles. The van der Waals surface area contributed by atoms with Crippen LogP contribution in [0.1, 0.15) is 26.7 Å². The highest BCUT2D eigenvalue weighted by Gasteiger charge is 2.64. The summed E-state index contributed by atoms with van der Waals surface area (Å²) in [7, 11) is 0. The highest BCUT2D eigenvalue weighted by molar-refractivity contribution is 5.98. The van der Waals surface area contributed by atoms with E-state index in [2.05, 4.69) is 29.0 Å². The van der Waals surface area contributed by atoms with E-state index in [1.165, 1.54) is 0 Å². The minimum absolute atomic E-state index is 0.0669.